The van der Waals surface area contributed by atoms with Crippen LogP contribution in [0.5, 0.6) is 0 Å². The summed E-state index contributed by atoms with van der Waals surface area (Å²) in [6, 6.07) is 25.4. The third-order valence-corrected chi connectivity index (χ3v) is 30.7. The maximum absolute atomic E-state index is 14.0. The number of hydrogen-bond acceptors (Lipinski definition) is 6. The molecule has 2 saturated heterocycles. The Morgan fingerprint density at radius 2 is 1.03 bits per heavy atom. The van der Waals surface area contributed by atoms with Crippen molar-refractivity contribution in [3.63, 3.8) is 0 Å². The first-order chi connectivity index (χ1) is 33.3. The van der Waals surface area contributed by atoms with Gasteiger partial charge in [-0.25, -0.2) is 9.97 Å². The Balaban J connectivity index is 0.000000206. The van der Waals surface area contributed by atoms with Gasteiger partial charge in [0, 0.05) is 72.3 Å². The van der Waals surface area contributed by atoms with E-state index in [-0.39, 0.29) is 17.6 Å². The highest BCUT2D eigenvalue weighted by atomic mass is 35.5. The number of pyridine rings is 2. The van der Waals surface area contributed by atoms with Crippen LogP contribution in [0, 0.1) is 11.8 Å². The number of aliphatic hydroxyl groups excluding tert-OH is 1. The van der Waals surface area contributed by atoms with E-state index in [2.05, 4.69) is 180 Å². The van der Waals surface area contributed by atoms with Gasteiger partial charge in [0.25, 0.3) is 0 Å². The van der Waals surface area contributed by atoms with Crippen LogP contribution in [0.25, 0.3) is 22.1 Å². The molecule has 8 nitrogen and oxygen atoms in total. The summed E-state index contributed by atoms with van der Waals surface area (Å²) in [4.78, 5) is 28.5. The molecule has 0 aliphatic carbocycles. The fraction of sp³-hybridized carbons (Fsp3) is 0.534. The van der Waals surface area contributed by atoms with Crippen molar-refractivity contribution in [2.24, 2.45) is 11.8 Å². The average molecular weight is 1020 g/mol. The minimum Gasteiger partial charge on any atom is -0.388 e. The lowest BCUT2D eigenvalue weighted by atomic mass is 9.87. The normalized spacial score (nSPS) is 18.2. The van der Waals surface area contributed by atoms with Crippen LogP contribution in [-0.2, 0) is 13.1 Å². The second-order valence-corrected chi connectivity index (χ2v) is 34.8. The van der Waals surface area contributed by atoms with Gasteiger partial charge in [-0.2, -0.15) is 0 Å². The number of carbonyl (C=O) groups excluding carboxylic acids is 1. The number of carbonyl (C=O) groups is 1. The van der Waals surface area contributed by atoms with Crippen molar-refractivity contribution < 1.29 is 9.90 Å². The van der Waals surface area contributed by atoms with Gasteiger partial charge in [0.2, 0.25) is 0 Å². The highest BCUT2D eigenvalue weighted by Crippen LogP contribution is 2.47. The van der Waals surface area contributed by atoms with Crippen molar-refractivity contribution in [2.45, 2.75) is 161 Å². The fourth-order valence-corrected chi connectivity index (χ4v) is 27.6. The predicted octanol–water partition coefficient (Wildman–Crippen LogP) is 15.5. The monoisotopic (exact) mass is 1020 g/mol. The van der Waals surface area contributed by atoms with Crippen LogP contribution < -0.4 is 0 Å². The number of Topliss-reactive ketones (excluding diaryl/α,β-unsaturated/α-hetero) is 1. The molecule has 0 radical (unpaired) electrons. The first kappa shape index (κ1) is 54.2. The lowest BCUT2D eigenvalue weighted by Crippen LogP contribution is -2.51. The van der Waals surface area contributed by atoms with Gasteiger partial charge >= 0.3 is 0 Å². The number of ketones is 1. The van der Waals surface area contributed by atoms with E-state index in [0.717, 1.165) is 92.6 Å². The zero-order valence-corrected chi connectivity index (χ0v) is 47.8. The van der Waals surface area contributed by atoms with E-state index in [4.69, 9.17) is 33.2 Å². The van der Waals surface area contributed by atoms with Crippen LogP contribution in [0.15, 0.2) is 97.6 Å². The maximum atomic E-state index is 14.0. The van der Waals surface area contributed by atoms with Gasteiger partial charge in [-0.1, -0.05) is 167 Å². The molecule has 8 rings (SSSR count). The van der Waals surface area contributed by atoms with Crippen molar-refractivity contribution in [1.29, 1.82) is 0 Å². The predicted molar refractivity (Wildman–Crippen MR) is 301 cm³/mol. The van der Waals surface area contributed by atoms with E-state index in [9.17, 15) is 9.90 Å². The third-order valence-electron chi connectivity index (χ3n) is 16.7. The Kier molecular flexibility index (Phi) is 17.9. The Bertz CT molecular complexity index is 2620. The molecule has 3 atom stereocenters. The molecule has 6 aromatic rings. The van der Waals surface area contributed by atoms with E-state index >= 15 is 0 Å². The molecule has 0 saturated carbocycles. The van der Waals surface area contributed by atoms with Crippen LogP contribution in [0.1, 0.15) is 142 Å². The third kappa shape index (κ3) is 10.6. The van der Waals surface area contributed by atoms with Crippen LogP contribution in [0.3, 0.4) is 0 Å². The molecule has 1 N–H and O–H groups in total. The summed E-state index contributed by atoms with van der Waals surface area (Å²) >= 11 is 13.5. The molecule has 2 aromatic carbocycles. The number of aromatic nitrogens is 4. The van der Waals surface area contributed by atoms with Crippen molar-refractivity contribution >= 4 is 67.5 Å². The van der Waals surface area contributed by atoms with E-state index in [1.54, 1.807) is 12.4 Å². The van der Waals surface area contributed by atoms with E-state index in [1.807, 2.05) is 6.07 Å². The first-order valence-corrected chi connectivity index (χ1v) is 31.5. The topological polar surface area (TPSA) is 79.4 Å². The number of aliphatic hydroxyl groups is 1. The van der Waals surface area contributed by atoms with Crippen molar-refractivity contribution in [3.05, 3.63) is 130 Å². The molecule has 2 aliphatic rings. The summed E-state index contributed by atoms with van der Waals surface area (Å²) in [5.41, 5.74) is 9.37. The van der Waals surface area contributed by atoms with Gasteiger partial charge in [-0.05, 0) is 108 Å². The van der Waals surface area contributed by atoms with Gasteiger partial charge in [-0.3, -0.25) is 14.6 Å². The Labute approximate surface area is 432 Å². The molecule has 0 bridgehead atoms. The number of nitrogens with zero attached hydrogens (tertiary/aromatic N) is 6. The number of benzene rings is 2. The largest absolute Gasteiger partial charge is 0.388 e. The minimum absolute atomic E-state index is 0.0405. The van der Waals surface area contributed by atoms with Crippen LogP contribution in [-0.4, -0.2) is 81.8 Å². The Morgan fingerprint density at radius 3 is 1.51 bits per heavy atom. The molecule has 3 unspecified atom stereocenters. The van der Waals surface area contributed by atoms with Crippen molar-refractivity contribution in [2.75, 3.05) is 26.2 Å². The maximum Gasteiger partial charge on any atom is 0.171 e. The fourth-order valence-electron chi connectivity index (χ4n) is 14.0. The first-order valence-electron chi connectivity index (χ1n) is 26.4. The van der Waals surface area contributed by atoms with Crippen molar-refractivity contribution in [3.8, 4) is 0 Å². The zero-order valence-electron chi connectivity index (χ0n) is 44.3. The number of likely N-dealkylation sites (tertiary alicyclic amines) is 2. The molecule has 0 spiro atoms. The van der Waals surface area contributed by atoms with Gasteiger partial charge < -0.3 is 13.6 Å². The molecule has 378 valence electrons. The lowest BCUT2D eigenvalue weighted by molar-refractivity contribution is 0.0485. The minimum atomic E-state index is -1.99. The molecular formula is C58H82Cl2N6O2Si2. The van der Waals surface area contributed by atoms with Crippen LogP contribution in [0.2, 0.25) is 43.3 Å². The second kappa shape index (κ2) is 23.1. The summed E-state index contributed by atoms with van der Waals surface area (Å²) in [5, 5.41) is 14.7. The summed E-state index contributed by atoms with van der Waals surface area (Å²) in [6.07, 6.45) is 11.3. The summed E-state index contributed by atoms with van der Waals surface area (Å²) in [5.74, 6) is 0.284. The Morgan fingerprint density at radius 1 is 0.600 bits per heavy atom. The van der Waals surface area contributed by atoms with E-state index in [0.29, 0.717) is 48.9 Å². The summed E-state index contributed by atoms with van der Waals surface area (Å²) in [7, 11) is -3.96. The van der Waals surface area contributed by atoms with Crippen LogP contribution in [0.4, 0.5) is 0 Å². The summed E-state index contributed by atoms with van der Waals surface area (Å²) < 4.78 is 4.98. The highest BCUT2D eigenvalue weighted by Gasteiger charge is 2.48. The molecule has 70 heavy (non-hydrogen) atoms. The highest BCUT2D eigenvalue weighted by molar-refractivity contribution is 6.83. The molecule has 12 heteroatoms. The quantitative estimate of drug-likeness (QED) is 0.0769. The number of rotatable bonds is 16. The molecular weight excluding hydrogens is 940 g/mol. The lowest BCUT2D eigenvalue weighted by Gasteiger charge is -2.44. The van der Waals surface area contributed by atoms with Gasteiger partial charge in [-0.15, -0.1) is 0 Å². The molecule has 0 amide bonds. The molecule has 6 heterocycles. The zero-order chi connectivity index (χ0) is 50.7. The number of hydrogen-bond donors (Lipinski definition) is 1. The van der Waals surface area contributed by atoms with E-state index in [1.165, 1.54) is 11.1 Å². The smallest absolute Gasteiger partial charge is 0.171 e. The SMILES string of the molecule is CC(C)[Si](C(C)C)(C(C)C)n1ccc2c(C(=O)C3CCCN(Cc4ccccc4)C3)c(Cl)cnc21.CC(C)[Si](C(C)C)(C(C)C)n1ccc2c(C(O)C3CCCN(Cc4ccccc4)C3)c(Cl)cnc21. The number of piperidine rings is 2. The second-order valence-electron chi connectivity index (χ2n) is 22.5. The molecule has 2 aliphatic heterocycles. The van der Waals surface area contributed by atoms with Gasteiger partial charge in [0.05, 0.1) is 16.1 Å². The standard InChI is InChI=1S/C29H42ClN3OSi.C29H40ClN3OSi/c2*1-20(2)35(21(3)4,22(5)6)33-16-14-25-27(26(30)17-31-29(25)33)28(34)24-13-10-15-32(19-24)18-23-11-8-7-9-12-23/h7-9,11-12,14,16-17,20-22,24,28,34H,10,13,15,18-19H2,1-6H3;7-9,11-12,14,16-17,20-22,24H,10,13,15,18-19H2,1-6H3. The summed E-state index contributed by atoms with van der Waals surface area (Å²) in [6.45, 7) is 33.9. The number of fused-ring (bicyclic) bond motifs is 2. The van der Waals surface area contributed by atoms with Gasteiger partial charge in [0.1, 0.15) is 11.3 Å². The molecule has 4 aromatic heterocycles. The van der Waals surface area contributed by atoms with Gasteiger partial charge in [0.15, 0.2) is 22.3 Å². The Hall–Kier alpha value is -3.62. The van der Waals surface area contributed by atoms with E-state index < -0.39 is 22.6 Å². The average Bonchev–Trinajstić information content (AvgIpc) is 3.94. The van der Waals surface area contributed by atoms with Crippen molar-refractivity contribution in [1.82, 2.24) is 28.2 Å². The van der Waals surface area contributed by atoms with Crippen LogP contribution >= 0.6 is 23.2 Å². The number of halogens is 2. The molecule has 2 fully saturated rings.